The summed E-state index contributed by atoms with van der Waals surface area (Å²) in [5, 5.41) is 0. The van der Waals surface area contributed by atoms with Gasteiger partial charge in [-0.3, -0.25) is 0 Å². The number of imidazole rings is 2. The van der Waals surface area contributed by atoms with Gasteiger partial charge < -0.3 is 0 Å². The molecule has 0 aliphatic heterocycles. The van der Waals surface area contributed by atoms with Gasteiger partial charge in [-0.15, -0.1) is 17.0 Å². The summed E-state index contributed by atoms with van der Waals surface area (Å²) in [7, 11) is 4.13. The highest BCUT2D eigenvalue weighted by Crippen LogP contribution is 2.05. The summed E-state index contributed by atoms with van der Waals surface area (Å²) >= 11 is 0. The molecule has 4 nitrogen and oxygen atoms in total. The van der Waals surface area contributed by atoms with Gasteiger partial charge in [0.2, 0.25) is 12.7 Å². The first-order valence-electron chi connectivity index (χ1n) is 7.26. The number of hydrogen-bond donors (Lipinski definition) is 0. The predicted molar refractivity (Wildman–Crippen MR) is 84.6 cm³/mol. The second-order valence-corrected chi connectivity index (χ2v) is 5.40. The van der Waals surface area contributed by atoms with Crippen molar-refractivity contribution in [3.8, 4) is 0 Å². The van der Waals surface area contributed by atoms with Crippen LogP contribution >= 0.6 is 17.0 Å². The van der Waals surface area contributed by atoms with Crippen molar-refractivity contribution < 1.29 is 9.13 Å². The molecule has 20 heavy (non-hydrogen) atoms. The molecule has 0 spiro atoms. The summed E-state index contributed by atoms with van der Waals surface area (Å²) < 4.78 is 8.72. The maximum atomic E-state index is 2.26. The minimum absolute atomic E-state index is 0. The second kappa shape index (κ2) is 8.95. The molecule has 0 aliphatic rings. The summed E-state index contributed by atoms with van der Waals surface area (Å²) in [5.74, 6) is 0. The minimum Gasteiger partial charge on any atom is -0.240 e. The van der Waals surface area contributed by atoms with Crippen molar-refractivity contribution in [1.29, 1.82) is 0 Å². The van der Waals surface area contributed by atoms with Gasteiger partial charge in [-0.05, 0) is 25.7 Å². The van der Waals surface area contributed by atoms with Crippen LogP contribution < -0.4 is 9.13 Å². The Morgan fingerprint density at radius 2 is 1.10 bits per heavy atom. The number of halogens is 1. The molecule has 0 atom stereocenters. The normalized spacial score (nSPS) is 10.5. The van der Waals surface area contributed by atoms with Crippen molar-refractivity contribution in [2.24, 2.45) is 14.1 Å². The van der Waals surface area contributed by atoms with Gasteiger partial charge in [0.1, 0.15) is 24.8 Å². The van der Waals surface area contributed by atoms with E-state index in [4.69, 9.17) is 0 Å². The van der Waals surface area contributed by atoms with Crippen LogP contribution in [0.5, 0.6) is 0 Å². The van der Waals surface area contributed by atoms with Gasteiger partial charge >= 0.3 is 0 Å². The summed E-state index contributed by atoms with van der Waals surface area (Å²) in [5.41, 5.74) is 0. The van der Waals surface area contributed by atoms with E-state index in [1.165, 1.54) is 32.1 Å². The first kappa shape index (κ1) is 17.0. The molecule has 0 saturated carbocycles. The Morgan fingerprint density at radius 3 is 1.45 bits per heavy atom. The smallest absolute Gasteiger partial charge is 0.240 e. The van der Waals surface area contributed by atoms with Crippen LogP contribution in [0.4, 0.5) is 0 Å². The van der Waals surface area contributed by atoms with Crippen LogP contribution in [0.15, 0.2) is 37.4 Å². The Balaban J connectivity index is 0.00000200. The van der Waals surface area contributed by atoms with E-state index in [1.54, 1.807) is 0 Å². The third kappa shape index (κ3) is 5.90. The van der Waals surface area contributed by atoms with Gasteiger partial charge in [-0.2, -0.15) is 0 Å². The third-order valence-electron chi connectivity index (χ3n) is 3.48. The van der Waals surface area contributed by atoms with E-state index in [-0.39, 0.29) is 17.0 Å². The van der Waals surface area contributed by atoms with E-state index in [0.29, 0.717) is 0 Å². The molecule has 2 aromatic rings. The highest BCUT2D eigenvalue weighted by atomic mass is 79.9. The molecular formula is C15H27BrN4+2. The largest absolute Gasteiger partial charge is 0.243 e. The van der Waals surface area contributed by atoms with E-state index >= 15 is 0 Å². The minimum atomic E-state index is 0. The summed E-state index contributed by atoms with van der Waals surface area (Å²) in [4.78, 5) is 0. The molecule has 0 radical (unpaired) electrons. The van der Waals surface area contributed by atoms with E-state index in [0.717, 1.165) is 13.1 Å². The van der Waals surface area contributed by atoms with Crippen molar-refractivity contribution >= 4 is 17.0 Å². The SMILES string of the molecule is Br.C[n+]1ccn(CCCCCCCn2cc[n+](C)c2)c1. The molecule has 5 heteroatoms. The molecule has 0 bridgehead atoms. The number of aryl methyl sites for hydroxylation is 4. The van der Waals surface area contributed by atoms with E-state index < -0.39 is 0 Å². The maximum absolute atomic E-state index is 2.26. The zero-order chi connectivity index (χ0) is 13.5. The van der Waals surface area contributed by atoms with Gasteiger partial charge in [-0.1, -0.05) is 6.42 Å². The lowest BCUT2D eigenvalue weighted by Gasteiger charge is -1.99. The zero-order valence-corrected chi connectivity index (χ0v) is 14.3. The standard InChI is InChI=1S/C15H26N4.BrH/c1-16-10-12-18(14-16)8-6-4-3-5-7-9-19-13-11-17(2)15-19;/h10-15H,3-9H2,1-2H3;1H/q+2;. The monoisotopic (exact) mass is 342 g/mol. The fourth-order valence-corrected chi connectivity index (χ4v) is 2.39. The lowest BCUT2D eigenvalue weighted by Crippen LogP contribution is -2.23. The van der Waals surface area contributed by atoms with Crippen LogP contribution in [-0.2, 0) is 27.2 Å². The van der Waals surface area contributed by atoms with Crippen LogP contribution in [0.1, 0.15) is 32.1 Å². The fourth-order valence-electron chi connectivity index (χ4n) is 2.39. The van der Waals surface area contributed by atoms with E-state index in [1.807, 2.05) is 0 Å². The highest BCUT2D eigenvalue weighted by Gasteiger charge is 2.01. The number of hydrogen-bond acceptors (Lipinski definition) is 0. The molecule has 0 N–H and O–H groups in total. The first-order valence-corrected chi connectivity index (χ1v) is 7.26. The van der Waals surface area contributed by atoms with Crippen molar-refractivity contribution in [3.05, 3.63) is 37.4 Å². The van der Waals surface area contributed by atoms with E-state index in [2.05, 4.69) is 69.8 Å². The van der Waals surface area contributed by atoms with Crippen LogP contribution in [0.2, 0.25) is 0 Å². The topological polar surface area (TPSA) is 17.6 Å². The molecular weight excluding hydrogens is 316 g/mol. The summed E-state index contributed by atoms with van der Waals surface area (Å²) in [6, 6.07) is 0. The molecule has 0 saturated heterocycles. The Hall–Kier alpha value is -1.10. The average Bonchev–Trinajstić information content (AvgIpc) is 2.97. The Labute approximate surface area is 132 Å². The Bertz CT molecular complexity index is 445. The number of aromatic nitrogens is 4. The molecule has 0 amide bonds. The van der Waals surface area contributed by atoms with Gasteiger partial charge in [0, 0.05) is 0 Å². The van der Waals surface area contributed by atoms with Crippen molar-refractivity contribution in [1.82, 2.24) is 9.13 Å². The van der Waals surface area contributed by atoms with Gasteiger partial charge in [0.25, 0.3) is 0 Å². The molecule has 0 unspecified atom stereocenters. The number of unbranched alkanes of at least 4 members (excludes halogenated alkanes) is 4. The maximum Gasteiger partial charge on any atom is 0.243 e. The van der Waals surface area contributed by atoms with Crippen LogP contribution in [0.3, 0.4) is 0 Å². The van der Waals surface area contributed by atoms with Crippen LogP contribution in [0.25, 0.3) is 0 Å². The number of rotatable bonds is 8. The first-order chi connectivity index (χ1) is 9.24. The zero-order valence-electron chi connectivity index (χ0n) is 12.6. The third-order valence-corrected chi connectivity index (χ3v) is 3.48. The molecule has 2 rings (SSSR count). The quantitative estimate of drug-likeness (QED) is 0.517. The highest BCUT2D eigenvalue weighted by molar-refractivity contribution is 8.93. The lowest BCUT2D eigenvalue weighted by atomic mass is 10.1. The number of nitrogens with zero attached hydrogens (tertiary/aromatic N) is 4. The van der Waals surface area contributed by atoms with Gasteiger partial charge in [-0.25, -0.2) is 18.3 Å². The molecule has 0 aliphatic carbocycles. The van der Waals surface area contributed by atoms with Crippen molar-refractivity contribution in [2.75, 3.05) is 0 Å². The molecule has 0 fully saturated rings. The molecule has 112 valence electrons. The average molecular weight is 343 g/mol. The van der Waals surface area contributed by atoms with E-state index in [9.17, 15) is 0 Å². The molecule has 2 aromatic heterocycles. The fraction of sp³-hybridized carbons (Fsp3) is 0.600. The van der Waals surface area contributed by atoms with Crippen molar-refractivity contribution in [2.45, 2.75) is 45.2 Å². The lowest BCUT2D eigenvalue weighted by molar-refractivity contribution is -0.671. The predicted octanol–water partition coefficient (Wildman–Crippen LogP) is 2.17. The van der Waals surface area contributed by atoms with Crippen molar-refractivity contribution in [3.63, 3.8) is 0 Å². The molecule has 2 heterocycles. The van der Waals surface area contributed by atoms with Gasteiger partial charge in [0.05, 0.1) is 27.2 Å². The van der Waals surface area contributed by atoms with Gasteiger partial charge in [0.15, 0.2) is 0 Å². The Morgan fingerprint density at radius 1 is 0.700 bits per heavy atom. The van der Waals surface area contributed by atoms with Crippen LogP contribution in [-0.4, -0.2) is 9.13 Å². The second-order valence-electron chi connectivity index (χ2n) is 5.40. The summed E-state index contributed by atoms with van der Waals surface area (Å²) in [6.07, 6.45) is 19.4. The Kier molecular flexibility index (Phi) is 7.59. The molecule has 0 aromatic carbocycles. The summed E-state index contributed by atoms with van der Waals surface area (Å²) in [6.45, 7) is 2.29. The van der Waals surface area contributed by atoms with Crippen LogP contribution in [0, 0.1) is 0 Å².